The molecule has 0 aromatic heterocycles. The molecule has 0 amide bonds. The Labute approximate surface area is 129 Å². The van der Waals surface area contributed by atoms with Crippen molar-refractivity contribution >= 4 is 29.9 Å². The molecule has 0 spiro atoms. The Morgan fingerprint density at radius 1 is 1.11 bits per heavy atom. The fourth-order valence-corrected chi connectivity index (χ4v) is 2.81. The summed E-state index contributed by atoms with van der Waals surface area (Å²) in [6.07, 6.45) is 9.42. The number of rotatable bonds is 4. The minimum absolute atomic E-state index is 0. The average Bonchev–Trinajstić information content (AvgIpc) is 3.20. The topological polar surface area (TPSA) is 41.6 Å². The van der Waals surface area contributed by atoms with Crippen LogP contribution < -0.4 is 5.73 Å². The molecule has 0 unspecified atom stereocenters. The zero-order valence-electron chi connectivity index (χ0n) is 11.8. The number of guanidine groups is 1. The van der Waals surface area contributed by atoms with Crippen LogP contribution in [0.2, 0.25) is 0 Å². The molecule has 2 fully saturated rings. The molecule has 106 valence electrons. The van der Waals surface area contributed by atoms with Gasteiger partial charge in [0.15, 0.2) is 5.96 Å². The maximum atomic E-state index is 6.00. The van der Waals surface area contributed by atoms with Gasteiger partial charge in [-0.25, -0.2) is 0 Å². The Bertz CT molecular complexity index is 268. The summed E-state index contributed by atoms with van der Waals surface area (Å²) in [5, 5.41) is 0. The lowest BCUT2D eigenvalue weighted by Gasteiger charge is -2.27. The van der Waals surface area contributed by atoms with Gasteiger partial charge in [-0.05, 0) is 37.5 Å². The van der Waals surface area contributed by atoms with E-state index in [0.29, 0.717) is 6.04 Å². The van der Waals surface area contributed by atoms with Gasteiger partial charge in [0, 0.05) is 19.6 Å². The van der Waals surface area contributed by atoms with E-state index in [2.05, 4.69) is 23.9 Å². The van der Waals surface area contributed by atoms with Crippen LogP contribution in [0.1, 0.15) is 51.9 Å². The van der Waals surface area contributed by atoms with Gasteiger partial charge < -0.3 is 10.6 Å². The van der Waals surface area contributed by atoms with Gasteiger partial charge in [0.1, 0.15) is 0 Å². The summed E-state index contributed by atoms with van der Waals surface area (Å²) in [5.41, 5.74) is 6.00. The van der Waals surface area contributed by atoms with Crippen molar-refractivity contribution in [1.82, 2.24) is 4.90 Å². The molecule has 0 bridgehead atoms. The molecule has 2 aliphatic carbocycles. The van der Waals surface area contributed by atoms with E-state index in [4.69, 9.17) is 5.73 Å². The molecule has 18 heavy (non-hydrogen) atoms. The second kappa shape index (κ2) is 7.56. The van der Waals surface area contributed by atoms with Crippen molar-refractivity contribution in [3.8, 4) is 0 Å². The largest absolute Gasteiger partial charge is 0.370 e. The second-order valence-electron chi connectivity index (χ2n) is 5.84. The Balaban J connectivity index is 0.00000162. The van der Waals surface area contributed by atoms with Gasteiger partial charge in [-0.3, -0.25) is 4.99 Å². The van der Waals surface area contributed by atoms with E-state index in [0.717, 1.165) is 24.3 Å². The van der Waals surface area contributed by atoms with Crippen molar-refractivity contribution in [3.63, 3.8) is 0 Å². The minimum Gasteiger partial charge on any atom is -0.370 e. The Hall–Kier alpha value is 0. The van der Waals surface area contributed by atoms with E-state index < -0.39 is 0 Å². The molecule has 0 radical (unpaired) electrons. The maximum absolute atomic E-state index is 6.00. The predicted octanol–water partition coefficient (Wildman–Crippen LogP) is 3.23. The Kier molecular flexibility index (Phi) is 6.74. The van der Waals surface area contributed by atoms with Crippen LogP contribution in [-0.4, -0.2) is 30.5 Å². The zero-order valence-corrected chi connectivity index (χ0v) is 14.1. The van der Waals surface area contributed by atoms with Crippen LogP contribution in [0.15, 0.2) is 4.99 Å². The van der Waals surface area contributed by atoms with Crippen LogP contribution in [-0.2, 0) is 0 Å². The van der Waals surface area contributed by atoms with Crippen molar-refractivity contribution in [2.75, 3.05) is 13.6 Å². The highest BCUT2D eigenvalue weighted by molar-refractivity contribution is 14.0. The van der Waals surface area contributed by atoms with Crippen molar-refractivity contribution in [2.24, 2.45) is 22.6 Å². The number of aliphatic imine (C=N–C) groups is 1. The van der Waals surface area contributed by atoms with E-state index in [-0.39, 0.29) is 24.0 Å². The van der Waals surface area contributed by atoms with Crippen LogP contribution in [0.4, 0.5) is 0 Å². The molecule has 2 aliphatic rings. The van der Waals surface area contributed by atoms with Crippen LogP contribution in [0, 0.1) is 11.8 Å². The maximum Gasteiger partial charge on any atom is 0.191 e. The fourth-order valence-electron chi connectivity index (χ4n) is 2.81. The molecule has 0 atom stereocenters. The number of hydrogen-bond donors (Lipinski definition) is 1. The van der Waals surface area contributed by atoms with Crippen LogP contribution in [0.5, 0.6) is 0 Å². The van der Waals surface area contributed by atoms with Crippen molar-refractivity contribution in [1.29, 1.82) is 0 Å². The molecule has 0 aromatic carbocycles. The predicted molar refractivity (Wildman–Crippen MR) is 88.4 cm³/mol. The standard InChI is InChI=1S/C14H27N3.HI/c1-3-11-4-6-12(7-5-11)10-16-14(15)17(2)13-8-9-13;/h11-13H,3-10H2,1-2H3,(H2,15,16);1H. The lowest BCUT2D eigenvalue weighted by atomic mass is 9.81. The summed E-state index contributed by atoms with van der Waals surface area (Å²) < 4.78 is 0. The lowest BCUT2D eigenvalue weighted by molar-refractivity contribution is 0.274. The summed E-state index contributed by atoms with van der Waals surface area (Å²) in [5.74, 6) is 2.51. The highest BCUT2D eigenvalue weighted by Crippen LogP contribution is 2.30. The van der Waals surface area contributed by atoms with E-state index in [1.54, 1.807) is 0 Å². The third-order valence-corrected chi connectivity index (χ3v) is 4.51. The normalized spacial score (nSPS) is 28.7. The summed E-state index contributed by atoms with van der Waals surface area (Å²) in [7, 11) is 2.07. The first-order valence-corrected chi connectivity index (χ1v) is 7.23. The van der Waals surface area contributed by atoms with E-state index >= 15 is 0 Å². The Morgan fingerprint density at radius 2 is 1.67 bits per heavy atom. The second-order valence-corrected chi connectivity index (χ2v) is 5.84. The van der Waals surface area contributed by atoms with Gasteiger partial charge in [-0.1, -0.05) is 26.2 Å². The van der Waals surface area contributed by atoms with Crippen LogP contribution in [0.3, 0.4) is 0 Å². The number of nitrogens with two attached hydrogens (primary N) is 1. The summed E-state index contributed by atoms with van der Waals surface area (Å²) in [6, 6.07) is 0.676. The molecule has 2 saturated carbocycles. The Morgan fingerprint density at radius 3 is 2.17 bits per heavy atom. The molecule has 2 rings (SSSR count). The van der Waals surface area contributed by atoms with Gasteiger partial charge >= 0.3 is 0 Å². The number of halogens is 1. The zero-order chi connectivity index (χ0) is 12.3. The first-order valence-electron chi connectivity index (χ1n) is 7.23. The van der Waals surface area contributed by atoms with E-state index in [9.17, 15) is 0 Å². The summed E-state index contributed by atoms with van der Waals surface area (Å²) >= 11 is 0. The first kappa shape index (κ1) is 16.1. The minimum atomic E-state index is 0. The third kappa shape index (κ3) is 4.59. The number of nitrogens with zero attached hydrogens (tertiary/aromatic N) is 2. The highest BCUT2D eigenvalue weighted by atomic mass is 127. The molecule has 3 nitrogen and oxygen atoms in total. The van der Waals surface area contributed by atoms with Gasteiger partial charge in [-0.2, -0.15) is 0 Å². The van der Waals surface area contributed by atoms with Gasteiger partial charge in [0.2, 0.25) is 0 Å². The number of hydrogen-bond acceptors (Lipinski definition) is 1. The van der Waals surface area contributed by atoms with Gasteiger partial charge in [0.25, 0.3) is 0 Å². The molecule has 4 heteroatoms. The highest BCUT2D eigenvalue weighted by Gasteiger charge is 2.27. The molecule has 0 aromatic rings. The molecule has 2 N–H and O–H groups in total. The quantitative estimate of drug-likeness (QED) is 0.472. The van der Waals surface area contributed by atoms with Crippen molar-refractivity contribution < 1.29 is 0 Å². The van der Waals surface area contributed by atoms with Crippen LogP contribution in [0.25, 0.3) is 0 Å². The molecular formula is C14H28IN3. The van der Waals surface area contributed by atoms with Gasteiger partial charge in [-0.15, -0.1) is 24.0 Å². The average molecular weight is 365 g/mol. The first-order chi connectivity index (χ1) is 8.20. The fraction of sp³-hybridized carbons (Fsp3) is 0.929. The molecule has 0 heterocycles. The molecule has 0 saturated heterocycles. The van der Waals surface area contributed by atoms with E-state index in [1.807, 2.05) is 0 Å². The van der Waals surface area contributed by atoms with Crippen molar-refractivity contribution in [3.05, 3.63) is 0 Å². The SMILES string of the molecule is CCC1CCC(CN=C(N)N(C)C2CC2)CC1.I. The smallest absolute Gasteiger partial charge is 0.191 e. The monoisotopic (exact) mass is 365 g/mol. The van der Waals surface area contributed by atoms with Gasteiger partial charge in [0.05, 0.1) is 0 Å². The van der Waals surface area contributed by atoms with E-state index in [1.165, 1.54) is 44.9 Å². The summed E-state index contributed by atoms with van der Waals surface area (Å²) in [4.78, 5) is 6.73. The molecular weight excluding hydrogens is 337 g/mol. The molecule has 0 aliphatic heterocycles. The summed E-state index contributed by atoms with van der Waals surface area (Å²) in [6.45, 7) is 3.26. The van der Waals surface area contributed by atoms with Crippen LogP contribution >= 0.6 is 24.0 Å². The third-order valence-electron chi connectivity index (χ3n) is 4.51. The van der Waals surface area contributed by atoms with Crippen molar-refractivity contribution in [2.45, 2.75) is 57.9 Å². The lowest BCUT2D eigenvalue weighted by Crippen LogP contribution is -2.36.